The van der Waals surface area contributed by atoms with Crippen LogP contribution < -0.4 is 0 Å². The third-order valence-corrected chi connectivity index (χ3v) is 9.33. The highest BCUT2D eigenvalue weighted by molar-refractivity contribution is 5.90. The van der Waals surface area contributed by atoms with Crippen LogP contribution >= 0.6 is 0 Å². The SMILES string of the molecule is COC1CC(C2OC3CC(O)CC4OC(=O)C(=CO)C(C2OC2OC(CO)C(O)C(O)C2O)C43)CC(OC)C1O. The third kappa shape index (κ3) is 5.17. The second kappa shape index (κ2) is 12.1. The van der Waals surface area contributed by atoms with E-state index in [1.165, 1.54) is 14.2 Å². The minimum Gasteiger partial charge on any atom is -0.515 e. The molecule has 14 nitrogen and oxygen atoms in total. The predicted molar refractivity (Wildman–Crippen MR) is 130 cm³/mol. The summed E-state index contributed by atoms with van der Waals surface area (Å²) < 4.78 is 35.2. The minimum absolute atomic E-state index is 0.0760. The van der Waals surface area contributed by atoms with Crippen molar-refractivity contribution in [2.75, 3.05) is 20.8 Å². The van der Waals surface area contributed by atoms with E-state index in [1.54, 1.807) is 0 Å². The standard InChI is InChI=1S/C26H40O14/c1-35-14-3-9(4-15(36-2)19(14)30)23-24(40-26-22(33)21(32)20(31)16(8-28)39-26)17-11(7-27)25(34)38-13-6-10(29)5-12(37-23)18(13)17/h7,9-10,12-24,26-33H,3-6,8H2,1-2H3. The van der Waals surface area contributed by atoms with Crippen LogP contribution in [0.4, 0.5) is 0 Å². The summed E-state index contributed by atoms with van der Waals surface area (Å²) in [4.78, 5) is 13.0. The average molecular weight is 577 g/mol. The zero-order chi connectivity index (χ0) is 28.9. The van der Waals surface area contributed by atoms with Crippen LogP contribution in [0.2, 0.25) is 0 Å². The Morgan fingerprint density at radius 3 is 2.12 bits per heavy atom. The van der Waals surface area contributed by atoms with E-state index >= 15 is 0 Å². The number of esters is 1. The first-order valence-corrected chi connectivity index (χ1v) is 13.7. The van der Waals surface area contributed by atoms with Crippen molar-refractivity contribution in [3.8, 4) is 0 Å². The zero-order valence-corrected chi connectivity index (χ0v) is 22.3. The molecule has 14 atom stereocenters. The van der Waals surface area contributed by atoms with Gasteiger partial charge in [0.15, 0.2) is 6.29 Å². The lowest BCUT2D eigenvalue weighted by Crippen LogP contribution is -2.67. The van der Waals surface area contributed by atoms with Gasteiger partial charge in [0.25, 0.3) is 0 Å². The van der Waals surface area contributed by atoms with E-state index in [1.807, 2.05) is 0 Å². The highest BCUT2D eigenvalue weighted by Crippen LogP contribution is 2.51. The fraction of sp³-hybridized carbons (Fsp3) is 0.885. The molecule has 5 rings (SSSR count). The molecule has 0 bridgehead atoms. The van der Waals surface area contributed by atoms with Gasteiger partial charge in [0.05, 0.1) is 55.1 Å². The largest absolute Gasteiger partial charge is 0.515 e. The predicted octanol–water partition coefficient (Wildman–Crippen LogP) is -2.51. The van der Waals surface area contributed by atoms with Crippen LogP contribution in [-0.4, -0.2) is 142 Å². The Morgan fingerprint density at radius 1 is 0.875 bits per heavy atom. The number of hydrogen-bond acceptors (Lipinski definition) is 14. The Hall–Kier alpha value is -1.43. The lowest BCUT2D eigenvalue weighted by molar-refractivity contribution is -0.343. The Kier molecular flexibility index (Phi) is 9.05. The van der Waals surface area contributed by atoms with Crippen molar-refractivity contribution in [3.05, 3.63) is 11.8 Å². The van der Waals surface area contributed by atoms with Crippen LogP contribution in [0.25, 0.3) is 0 Å². The smallest absolute Gasteiger partial charge is 0.337 e. The van der Waals surface area contributed by atoms with E-state index in [2.05, 4.69) is 0 Å². The summed E-state index contributed by atoms with van der Waals surface area (Å²) in [5.74, 6) is -2.51. The molecule has 2 saturated carbocycles. The van der Waals surface area contributed by atoms with Gasteiger partial charge < -0.3 is 64.2 Å². The molecule has 3 saturated heterocycles. The molecule has 0 amide bonds. The number of carbonyl (C=O) groups is 1. The van der Waals surface area contributed by atoms with E-state index in [0.29, 0.717) is 19.1 Å². The monoisotopic (exact) mass is 576 g/mol. The van der Waals surface area contributed by atoms with Crippen LogP contribution in [-0.2, 0) is 33.2 Å². The maximum absolute atomic E-state index is 13.0. The van der Waals surface area contributed by atoms with Crippen molar-refractivity contribution in [3.63, 3.8) is 0 Å². The van der Waals surface area contributed by atoms with E-state index in [0.717, 1.165) is 0 Å². The van der Waals surface area contributed by atoms with Gasteiger partial charge in [0.2, 0.25) is 0 Å². The number of hydrogen-bond donors (Lipinski definition) is 7. The van der Waals surface area contributed by atoms with E-state index in [9.17, 15) is 40.5 Å². The average Bonchev–Trinajstić information content (AvgIpc) is 2.94. The van der Waals surface area contributed by atoms with E-state index in [-0.39, 0.29) is 24.3 Å². The van der Waals surface area contributed by atoms with Crippen molar-refractivity contribution < 1.29 is 69.0 Å². The number of ether oxygens (including phenoxy) is 6. The fourth-order valence-corrected chi connectivity index (χ4v) is 7.32. The van der Waals surface area contributed by atoms with Gasteiger partial charge in [-0.25, -0.2) is 4.79 Å². The van der Waals surface area contributed by atoms with Crippen molar-refractivity contribution in [2.45, 2.75) is 105 Å². The summed E-state index contributed by atoms with van der Waals surface area (Å²) >= 11 is 0. The van der Waals surface area contributed by atoms with Gasteiger partial charge in [-0.1, -0.05) is 0 Å². The first-order chi connectivity index (χ1) is 19.1. The number of carbonyl (C=O) groups excluding carboxylic acids is 1. The summed E-state index contributed by atoms with van der Waals surface area (Å²) in [6, 6.07) is 0. The van der Waals surface area contributed by atoms with E-state index in [4.69, 9.17) is 28.4 Å². The molecule has 7 N–H and O–H groups in total. The van der Waals surface area contributed by atoms with Gasteiger partial charge in [0.1, 0.15) is 36.6 Å². The van der Waals surface area contributed by atoms with Gasteiger partial charge in [0, 0.05) is 38.9 Å². The molecule has 3 aliphatic heterocycles. The number of methoxy groups -OCH3 is 2. The molecular weight excluding hydrogens is 536 g/mol. The van der Waals surface area contributed by atoms with Gasteiger partial charge in [-0.2, -0.15) is 0 Å². The maximum Gasteiger partial charge on any atom is 0.337 e. The van der Waals surface area contributed by atoms with Gasteiger partial charge in [-0.15, -0.1) is 0 Å². The summed E-state index contributed by atoms with van der Waals surface area (Å²) in [5.41, 5.74) is -0.0760. The lowest BCUT2D eigenvalue weighted by Gasteiger charge is -2.57. The molecule has 40 heavy (non-hydrogen) atoms. The number of aliphatic hydroxyl groups is 7. The first-order valence-electron chi connectivity index (χ1n) is 13.7. The Bertz CT molecular complexity index is 915. The van der Waals surface area contributed by atoms with Crippen LogP contribution in [0, 0.1) is 17.8 Å². The Morgan fingerprint density at radius 2 is 1.52 bits per heavy atom. The second-order valence-electron chi connectivity index (χ2n) is 11.5. The Labute approximate surface area is 231 Å². The molecule has 5 fully saturated rings. The molecule has 2 aliphatic carbocycles. The molecule has 0 spiro atoms. The quantitative estimate of drug-likeness (QED) is 0.0989. The summed E-state index contributed by atoms with van der Waals surface area (Å²) in [6.45, 7) is -0.664. The van der Waals surface area contributed by atoms with Crippen molar-refractivity contribution in [1.82, 2.24) is 0 Å². The molecular formula is C26H40O14. The second-order valence-corrected chi connectivity index (χ2v) is 11.5. The van der Waals surface area contributed by atoms with E-state index < -0.39 is 104 Å². The van der Waals surface area contributed by atoms with Crippen LogP contribution in [0.1, 0.15) is 25.7 Å². The van der Waals surface area contributed by atoms with Crippen LogP contribution in [0.3, 0.4) is 0 Å². The Balaban J connectivity index is 1.54. The van der Waals surface area contributed by atoms with Gasteiger partial charge >= 0.3 is 5.97 Å². The molecule has 14 unspecified atom stereocenters. The van der Waals surface area contributed by atoms with Crippen molar-refractivity contribution >= 4 is 5.97 Å². The highest BCUT2D eigenvalue weighted by Gasteiger charge is 2.61. The van der Waals surface area contributed by atoms with Crippen molar-refractivity contribution in [1.29, 1.82) is 0 Å². The molecule has 228 valence electrons. The zero-order valence-electron chi connectivity index (χ0n) is 22.3. The summed E-state index contributed by atoms with van der Waals surface area (Å²) in [6.07, 6.45) is -12.3. The maximum atomic E-state index is 13.0. The summed E-state index contributed by atoms with van der Waals surface area (Å²) in [5, 5.41) is 72.5. The fourth-order valence-electron chi connectivity index (χ4n) is 7.32. The molecule has 0 aromatic heterocycles. The molecule has 14 heteroatoms. The minimum atomic E-state index is -1.72. The summed E-state index contributed by atoms with van der Waals surface area (Å²) in [7, 11) is 2.93. The van der Waals surface area contributed by atoms with Gasteiger partial charge in [-0.05, 0) is 18.8 Å². The topological polar surface area (TPSA) is 214 Å². The molecule has 0 aromatic carbocycles. The lowest BCUT2D eigenvalue weighted by atomic mass is 9.63. The molecule has 0 aromatic rings. The molecule has 3 heterocycles. The van der Waals surface area contributed by atoms with Crippen LogP contribution in [0.5, 0.6) is 0 Å². The normalized spacial score (nSPS) is 52.2. The van der Waals surface area contributed by atoms with Crippen molar-refractivity contribution in [2.24, 2.45) is 17.8 Å². The first kappa shape index (κ1) is 30.0. The van der Waals surface area contributed by atoms with Crippen LogP contribution in [0.15, 0.2) is 11.8 Å². The number of aliphatic hydroxyl groups excluding tert-OH is 7. The number of rotatable bonds is 6. The molecule has 0 radical (unpaired) electrons. The third-order valence-electron chi connectivity index (χ3n) is 9.33. The van der Waals surface area contributed by atoms with Gasteiger partial charge in [-0.3, -0.25) is 0 Å². The molecule has 5 aliphatic rings. The highest BCUT2D eigenvalue weighted by atomic mass is 16.7.